The number of aromatic nitrogens is 2. The molecule has 0 atom stereocenters. The van der Waals surface area contributed by atoms with E-state index >= 15 is 0 Å². The normalized spacial score (nSPS) is 10.9. The van der Waals surface area contributed by atoms with Gasteiger partial charge >= 0.3 is 0 Å². The van der Waals surface area contributed by atoms with Crippen LogP contribution in [0.5, 0.6) is 23.0 Å². The first-order valence-corrected chi connectivity index (χ1v) is 12.0. The van der Waals surface area contributed by atoms with E-state index in [4.69, 9.17) is 24.0 Å². The van der Waals surface area contributed by atoms with Gasteiger partial charge < -0.3 is 18.9 Å². The molecule has 0 aliphatic rings. The third kappa shape index (κ3) is 4.76. The van der Waals surface area contributed by atoms with Gasteiger partial charge in [0.15, 0.2) is 23.0 Å². The van der Waals surface area contributed by atoms with Gasteiger partial charge in [0, 0.05) is 16.7 Å². The largest absolute Gasteiger partial charge is 0.493 e. The maximum absolute atomic E-state index is 5.63. The fourth-order valence-corrected chi connectivity index (χ4v) is 4.60. The minimum absolute atomic E-state index is 0.650. The number of benzene rings is 3. The summed E-state index contributed by atoms with van der Waals surface area (Å²) in [5, 5.41) is 5.17. The van der Waals surface area contributed by atoms with E-state index in [0.29, 0.717) is 29.5 Å². The molecular weight excluding hydrogens is 452 g/mol. The highest BCUT2D eigenvalue weighted by Gasteiger charge is 2.22. The van der Waals surface area contributed by atoms with Crippen molar-refractivity contribution in [2.45, 2.75) is 33.7 Å². The molecule has 0 unspecified atom stereocenters. The number of nitrogens with zero attached hydrogens (tertiary/aromatic N) is 2. The molecule has 3 aromatic carbocycles. The molecule has 0 aliphatic heterocycles. The van der Waals surface area contributed by atoms with E-state index < -0.39 is 0 Å². The summed E-state index contributed by atoms with van der Waals surface area (Å²) in [5.41, 5.74) is 8.84. The van der Waals surface area contributed by atoms with Crippen LogP contribution in [0, 0.1) is 13.8 Å². The number of methoxy groups -OCH3 is 4. The molecule has 0 aliphatic carbocycles. The van der Waals surface area contributed by atoms with E-state index in [1.54, 1.807) is 28.4 Å². The van der Waals surface area contributed by atoms with Gasteiger partial charge in [-0.3, -0.25) is 4.68 Å². The van der Waals surface area contributed by atoms with E-state index in [0.717, 1.165) is 34.5 Å². The average Bonchev–Trinajstić information content (AvgIpc) is 3.27. The molecule has 1 heterocycles. The molecule has 1 aromatic heterocycles. The SMILES string of the molecule is CCc1c(-c2ccc(OC)c(OC)c2)nn(Cc2cc(C)ccc2C)c1-c1ccc(OC)c(OC)c1. The highest BCUT2D eigenvalue weighted by Crippen LogP contribution is 2.39. The predicted octanol–water partition coefficient (Wildman–Crippen LogP) is 6.48. The zero-order valence-corrected chi connectivity index (χ0v) is 22.1. The smallest absolute Gasteiger partial charge is 0.161 e. The Balaban J connectivity index is 1.96. The second kappa shape index (κ2) is 10.8. The molecule has 0 radical (unpaired) electrons. The molecule has 0 bridgehead atoms. The van der Waals surface area contributed by atoms with Crippen molar-refractivity contribution in [3.8, 4) is 45.5 Å². The molecule has 6 nitrogen and oxygen atoms in total. The maximum Gasteiger partial charge on any atom is 0.161 e. The van der Waals surface area contributed by atoms with Crippen LogP contribution in [-0.2, 0) is 13.0 Å². The zero-order valence-electron chi connectivity index (χ0n) is 22.1. The van der Waals surface area contributed by atoms with Crippen LogP contribution in [0.25, 0.3) is 22.5 Å². The van der Waals surface area contributed by atoms with Crippen molar-refractivity contribution in [2.24, 2.45) is 0 Å². The van der Waals surface area contributed by atoms with Crippen LogP contribution in [0.2, 0.25) is 0 Å². The third-order valence-electron chi connectivity index (χ3n) is 6.54. The van der Waals surface area contributed by atoms with Crippen LogP contribution < -0.4 is 18.9 Å². The molecule has 4 aromatic rings. The lowest BCUT2D eigenvalue weighted by Crippen LogP contribution is -2.06. The van der Waals surface area contributed by atoms with Crippen molar-refractivity contribution in [1.29, 1.82) is 0 Å². The van der Waals surface area contributed by atoms with Crippen molar-refractivity contribution >= 4 is 0 Å². The van der Waals surface area contributed by atoms with Crippen LogP contribution in [-0.4, -0.2) is 38.2 Å². The molecule has 0 N–H and O–H groups in total. The Bertz CT molecular complexity index is 1370. The van der Waals surface area contributed by atoms with Gasteiger partial charge in [-0.1, -0.05) is 30.7 Å². The topological polar surface area (TPSA) is 54.7 Å². The average molecular weight is 487 g/mol. The Morgan fingerprint density at radius 3 is 1.86 bits per heavy atom. The molecule has 0 spiro atoms. The third-order valence-corrected chi connectivity index (χ3v) is 6.54. The second-order valence-corrected chi connectivity index (χ2v) is 8.76. The Morgan fingerprint density at radius 1 is 0.694 bits per heavy atom. The second-order valence-electron chi connectivity index (χ2n) is 8.76. The summed E-state index contributed by atoms with van der Waals surface area (Å²) in [6, 6.07) is 18.5. The van der Waals surface area contributed by atoms with Crippen LogP contribution in [0.3, 0.4) is 0 Å². The van der Waals surface area contributed by atoms with Crippen LogP contribution in [0.15, 0.2) is 54.6 Å². The van der Waals surface area contributed by atoms with Crippen molar-refractivity contribution in [2.75, 3.05) is 28.4 Å². The lowest BCUT2D eigenvalue weighted by atomic mass is 9.99. The Labute approximate surface area is 213 Å². The molecule has 36 heavy (non-hydrogen) atoms. The molecule has 0 saturated carbocycles. The van der Waals surface area contributed by atoms with E-state index in [-0.39, 0.29) is 0 Å². The standard InChI is InChI=1S/C30H34N2O4/c1-8-24-29(21-11-13-25(33-4)27(16-21)35-6)31-32(18-23-15-19(2)9-10-20(23)3)30(24)22-12-14-26(34-5)28(17-22)36-7/h9-17H,8,18H2,1-7H3. The fourth-order valence-electron chi connectivity index (χ4n) is 4.60. The van der Waals surface area contributed by atoms with Gasteiger partial charge in [-0.05, 0) is 67.8 Å². The molecule has 4 rings (SSSR count). The van der Waals surface area contributed by atoms with Gasteiger partial charge in [0.05, 0.1) is 46.4 Å². The summed E-state index contributed by atoms with van der Waals surface area (Å²) >= 11 is 0. The van der Waals surface area contributed by atoms with Crippen molar-refractivity contribution in [3.63, 3.8) is 0 Å². The summed E-state index contributed by atoms with van der Waals surface area (Å²) in [4.78, 5) is 0. The van der Waals surface area contributed by atoms with Crippen LogP contribution in [0.1, 0.15) is 29.2 Å². The van der Waals surface area contributed by atoms with E-state index in [9.17, 15) is 0 Å². The van der Waals surface area contributed by atoms with E-state index in [2.05, 4.69) is 49.7 Å². The highest BCUT2D eigenvalue weighted by atomic mass is 16.5. The van der Waals surface area contributed by atoms with E-state index in [1.807, 2.05) is 30.3 Å². The fraction of sp³-hybridized carbons (Fsp3) is 0.300. The first-order chi connectivity index (χ1) is 17.4. The lowest BCUT2D eigenvalue weighted by Gasteiger charge is -2.14. The van der Waals surface area contributed by atoms with Gasteiger partial charge in [-0.2, -0.15) is 5.10 Å². The van der Waals surface area contributed by atoms with Gasteiger partial charge in [0.25, 0.3) is 0 Å². The maximum atomic E-state index is 5.63. The Morgan fingerprint density at radius 2 is 1.28 bits per heavy atom. The monoisotopic (exact) mass is 486 g/mol. The number of rotatable bonds is 9. The summed E-state index contributed by atoms with van der Waals surface area (Å²) in [6.45, 7) is 7.07. The summed E-state index contributed by atoms with van der Waals surface area (Å²) in [7, 11) is 6.60. The van der Waals surface area contributed by atoms with Crippen molar-refractivity contribution < 1.29 is 18.9 Å². The molecule has 0 fully saturated rings. The van der Waals surface area contributed by atoms with Crippen molar-refractivity contribution in [3.05, 3.63) is 76.9 Å². The van der Waals surface area contributed by atoms with Gasteiger partial charge in [-0.15, -0.1) is 0 Å². The van der Waals surface area contributed by atoms with Gasteiger partial charge in [-0.25, -0.2) is 0 Å². The molecule has 188 valence electrons. The Hall–Kier alpha value is -3.93. The first-order valence-electron chi connectivity index (χ1n) is 12.0. The summed E-state index contributed by atoms with van der Waals surface area (Å²) < 4.78 is 24.3. The summed E-state index contributed by atoms with van der Waals surface area (Å²) in [6.07, 6.45) is 0.806. The quantitative estimate of drug-likeness (QED) is 0.271. The lowest BCUT2D eigenvalue weighted by molar-refractivity contribution is 0.355. The highest BCUT2D eigenvalue weighted by molar-refractivity contribution is 5.77. The zero-order chi connectivity index (χ0) is 25.8. The van der Waals surface area contributed by atoms with E-state index in [1.165, 1.54) is 16.7 Å². The van der Waals surface area contributed by atoms with Crippen molar-refractivity contribution in [1.82, 2.24) is 9.78 Å². The molecule has 0 saturated heterocycles. The van der Waals surface area contributed by atoms with Gasteiger partial charge in [0.1, 0.15) is 0 Å². The van der Waals surface area contributed by atoms with Gasteiger partial charge in [0.2, 0.25) is 0 Å². The summed E-state index contributed by atoms with van der Waals surface area (Å²) in [5.74, 6) is 2.74. The minimum Gasteiger partial charge on any atom is -0.493 e. The minimum atomic E-state index is 0.650. The first kappa shape index (κ1) is 25.2. The molecule has 0 amide bonds. The number of ether oxygens (including phenoxy) is 4. The molecule has 6 heteroatoms. The Kier molecular flexibility index (Phi) is 7.53. The number of hydrogen-bond acceptors (Lipinski definition) is 5. The number of hydrogen-bond donors (Lipinski definition) is 0. The predicted molar refractivity (Wildman–Crippen MR) is 144 cm³/mol. The van der Waals surface area contributed by atoms with Crippen LogP contribution in [0.4, 0.5) is 0 Å². The van der Waals surface area contributed by atoms with Crippen LogP contribution >= 0.6 is 0 Å². The number of aryl methyl sites for hydroxylation is 2. The molecular formula is C30H34N2O4.